The van der Waals surface area contributed by atoms with Gasteiger partial charge < -0.3 is 15.2 Å². The molecule has 2 N–H and O–H groups in total. The summed E-state index contributed by atoms with van der Waals surface area (Å²) in [5, 5.41) is 20.7. The van der Waals surface area contributed by atoms with Gasteiger partial charge in [-0.25, -0.2) is 14.2 Å². The Hall–Kier alpha value is -3.28. The van der Waals surface area contributed by atoms with Crippen LogP contribution >= 0.6 is 22.9 Å². The Bertz CT molecular complexity index is 1270. The molecular weight excluding hydrogens is 473 g/mol. The van der Waals surface area contributed by atoms with Gasteiger partial charge in [-0.1, -0.05) is 17.7 Å². The molecule has 1 saturated heterocycles. The molecule has 1 aliphatic heterocycles. The van der Waals surface area contributed by atoms with Gasteiger partial charge in [0, 0.05) is 38.1 Å². The number of rotatable bonds is 5. The number of carboxylic acid groups (broad SMARTS) is 1. The van der Waals surface area contributed by atoms with E-state index in [1.165, 1.54) is 47.9 Å². The smallest absolute Gasteiger partial charge is 0.335 e. The van der Waals surface area contributed by atoms with Crippen LogP contribution in [0.5, 0.6) is 0 Å². The second-order valence-electron chi connectivity index (χ2n) is 7.32. The summed E-state index contributed by atoms with van der Waals surface area (Å²) < 4.78 is 15.0. The summed E-state index contributed by atoms with van der Waals surface area (Å²) in [6, 6.07) is 7.14. The van der Waals surface area contributed by atoms with E-state index in [1.54, 1.807) is 10.3 Å². The van der Waals surface area contributed by atoms with E-state index in [0.717, 1.165) is 4.73 Å². The third-order valence-electron chi connectivity index (χ3n) is 5.12. The first-order chi connectivity index (χ1) is 15.8. The third kappa shape index (κ3) is 5.21. The fraction of sp³-hybridized carbons (Fsp3) is 0.238. The van der Waals surface area contributed by atoms with E-state index >= 15 is 0 Å². The van der Waals surface area contributed by atoms with E-state index in [2.05, 4.69) is 9.98 Å². The standard InChI is InChI=1S/C21H19ClFN5O4S/c22-16-3-1-2-15(18(16)23)19(29)27-6-4-26(5-7-27)12-14-10-13(20(30)31)11-17(24-14)25-21-28(32)8-9-33-21/h1-3,8-11,32H,4-7,12H2,(H,30,31)/b25-21-. The van der Waals surface area contributed by atoms with Crippen molar-refractivity contribution in [3.8, 4) is 0 Å². The topological polar surface area (TPSA) is 111 Å². The van der Waals surface area contributed by atoms with Crippen molar-refractivity contribution in [3.63, 3.8) is 0 Å². The van der Waals surface area contributed by atoms with Crippen molar-refractivity contribution in [1.29, 1.82) is 0 Å². The summed E-state index contributed by atoms with van der Waals surface area (Å²) in [5.41, 5.74) is 0.466. The van der Waals surface area contributed by atoms with Gasteiger partial charge in [-0.15, -0.1) is 11.3 Å². The molecule has 0 radical (unpaired) electrons. The first-order valence-corrected chi connectivity index (χ1v) is 11.2. The predicted molar refractivity (Wildman–Crippen MR) is 119 cm³/mol. The maximum absolute atomic E-state index is 14.2. The molecule has 0 unspecified atom stereocenters. The maximum Gasteiger partial charge on any atom is 0.335 e. The third-order valence-corrected chi connectivity index (χ3v) is 6.16. The van der Waals surface area contributed by atoms with E-state index < -0.39 is 17.7 Å². The van der Waals surface area contributed by atoms with Gasteiger partial charge in [0.2, 0.25) is 4.80 Å². The van der Waals surface area contributed by atoms with Crippen LogP contribution in [0.2, 0.25) is 5.02 Å². The molecule has 4 rings (SSSR count). The van der Waals surface area contributed by atoms with E-state index in [9.17, 15) is 24.3 Å². The molecule has 33 heavy (non-hydrogen) atoms. The molecule has 1 fully saturated rings. The SMILES string of the molecule is O=C(O)c1cc(CN2CCN(C(=O)c3cccc(Cl)c3F)CC2)nc(/N=c2\sccn2O)c1. The fourth-order valence-corrected chi connectivity index (χ4v) is 4.24. The van der Waals surface area contributed by atoms with Crippen LogP contribution in [-0.4, -0.2) is 67.9 Å². The van der Waals surface area contributed by atoms with E-state index in [0.29, 0.717) is 38.4 Å². The Labute approximate surface area is 196 Å². The molecule has 1 amide bonds. The van der Waals surface area contributed by atoms with Gasteiger partial charge >= 0.3 is 5.97 Å². The quantitative estimate of drug-likeness (QED) is 0.531. The summed E-state index contributed by atoms with van der Waals surface area (Å²) in [7, 11) is 0. The molecule has 1 aromatic carbocycles. The number of aromatic nitrogens is 2. The van der Waals surface area contributed by atoms with Gasteiger partial charge in [-0.05, 0) is 24.3 Å². The molecule has 0 bridgehead atoms. The lowest BCUT2D eigenvalue weighted by Gasteiger charge is -2.34. The number of hydrogen-bond donors (Lipinski definition) is 2. The second kappa shape index (κ2) is 9.69. The van der Waals surface area contributed by atoms with Crippen LogP contribution in [-0.2, 0) is 6.54 Å². The van der Waals surface area contributed by atoms with Crippen molar-refractivity contribution in [1.82, 2.24) is 19.5 Å². The maximum atomic E-state index is 14.2. The van der Waals surface area contributed by atoms with Crippen LogP contribution in [0.25, 0.3) is 0 Å². The zero-order valence-corrected chi connectivity index (χ0v) is 18.8. The molecule has 0 atom stereocenters. The van der Waals surface area contributed by atoms with Crippen LogP contribution < -0.4 is 4.80 Å². The van der Waals surface area contributed by atoms with Crippen LogP contribution in [0.15, 0.2) is 46.9 Å². The summed E-state index contributed by atoms with van der Waals surface area (Å²) in [6.07, 6.45) is 1.42. The summed E-state index contributed by atoms with van der Waals surface area (Å²) in [6.45, 7) is 2.10. The second-order valence-corrected chi connectivity index (χ2v) is 8.60. The first kappa shape index (κ1) is 22.9. The number of benzene rings is 1. The number of amides is 1. The summed E-state index contributed by atoms with van der Waals surface area (Å²) in [4.78, 5) is 36.7. The van der Waals surface area contributed by atoms with Crippen LogP contribution in [0.4, 0.5) is 10.2 Å². The summed E-state index contributed by atoms with van der Waals surface area (Å²) >= 11 is 6.97. The van der Waals surface area contributed by atoms with Gasteiger partial charge in [0.05, 0.1) is 28.0 Å². The predicted octanol–water partition coefficient (Wildman–Crippen LogP) is 2.86. The highest BCUT2D eigenvalue weighted by atomic mass is 35.5. The molecule has 3 heterocycles. The molecule has 12 heteroatoms. The van der Waals surface area contributed by atoms with Crippen LogP contribution in [0.1, 0.15) is 26.4 Å². The molecule has 0 aliphatic carbocycles. The van der Waals surface area contributed by atoms with Gasteiger partial charge in [0.15, 0.2) is 11.6 Å². The van der Waals surface area contributed by atoms with Crippen LogP contribution in [0.3, 0.4) is 0 Å². The number of carbonyl (C=O) groups excluding carboxylic acids is 1. The molecule has 0 saturated carbocycles. The highest BCUT2D eigenvalue weighted by Crippen LogP contribution is 2.21. The average Bonchev–Trinajstić information content (AvgIpc) is 3.19. The molecule has 172 valence electrons. The number of hydrogen-bond acceptors (Lipinski definition) is 7. The molecule has 3 aromatic rings. The monoisotopic (exact) mass is 491 g/mol. The lowest BCUT2D eigenvalue weighted by atomic mass is 10.1. The van der Waals surface area contributed by atoms with Gasteiger partial charge in [0.1, 0.15) is 0 Å². The summed E-state index contributed by atoms with van der Waals surface area (Å²) in [5.74, 6) is -2.10. The molecular formula is C21H19ClFN5O4S. The highest BCUT2D eigenvalue weighted by molar-refractivity contribution is 7.07. The normalized spacial score (nSPS) is 15.1. The van der Waals surface area contributed by atoms with E-state index in [1.807, 2.05) is 4.90 Å². The Morgan fingerprint density at radius 2 is 1.97 bits per heavy atom. The minimum atomic E-state index is -1.11. The van der Waals surface area contributed by atoms with Gasteiger partial charge in [-0.3, -0.25) is 9.69 Å². The number of aromatic carboxylic acids is 1. The Morgan fingerprint density at radius 1 is 1.21 bits per heavy atom. The van der Waals surface area contributed by atoms with Crippen molar-refractivity contribution in [2.24, 2.45) is 4.99 Å². The lowest BCUT2D eigenvalue weighted by molar-refractivity contribution is 0.0620. The van der Waals surface area contributed by atoms with Gasteiger partial charge in [-0.2, -0.15) is 9.72 Å². The number of nitrogens with zero attached hydrogens (tertiary/aromatic N) is 5. The number of halogens is 2. The van der Waals surface area contributed by atoms with Gasteiger partial charge in [0.25, 0.3) is 5.91 Å². The van der Waals surface area contributed by atoms with E-state index in [-0.39, 0.29) is 26.8 Å². The molecule has 9 nitrogen and oxygen atoms in total. The number of carboxylic acids is 1. The van der Waals surface area contributed by atoms with Crippen molar-refractivity contribution >= 4 is 40.6 Å². The zero-order valence-electron chi connectivity index (χ0n) is 17.2. The van der Waals surface area contributed by atoms with Crippen molar-refractivity contribution in [2.75, 3.05) is 26.2 Å². The largest absolute Gasteiger partial charge is 0.478 e. The Morgan fingerprint density at radius 3 is 2.64 bits per heavy atom. The van der Waals surface area contributed by atoms with Crippen molar-refractivity contribution in [3.05, 3.63) is 74.4 Å². The minimum Gasteiger partial charge on any atom is -0.478 e. The molecule has 2 aromatic heterocycles. The zero-order chi connectivity index (χ0) is 23.5. The first-order valence-electron chi connectivity index (χ1n) is 9.92. The Balaban J connectivity index is 1.47. The van der Waals surface area contributed by atoms with Crippen molar-refractivity contribution in [2.45, 2.75) is 6.54 Å². The van der Waals surface area contributed by atoms with Crippen LogP contribution in [0, 0.1) is 5.82 Å². The molecule has 0 spiro atoms. The minimum absolute atomic E-state index is 0.0324. The average molecular weight is 492 g/mol. The molecule has 1 aliphatic rings. The number of pyridine rings is 1. The van der Waals surface area contributed by atoms with E-state index in [4.69, 9.17) is 11.6 Å². The fourth-order valence-electron chi connectivity index (χ4n) is 3.45. The number of carbonyl (C=O) groups is 2. The number of piperazine rings is 1. The Kier molecular flexibility index (Phi) is 6.72. The number of thiazole rings is 1. The highest BCUT2D eigenvalue weighted by Gasteiger charge is 2.25. The lowest BCUT2D eigenvalue weighted by Crippen LogP contribution is -2.48. The van der Waals surface area contributed by atoms with Crippen molar-refractivity contribution < 1.29 is 24.3 Å².